The van der Waals surface area contributed by atoms with Crippen molar-refractivity contribution in [1.82, 2.24) is 4.98 Å². The molecule has 28 heavy (non-hydrogen) atoms. The van der Waals surface area contributed by atoms with Crippen molar-refractivity contribution >= 4 is 33.5 Å². The normalized spacial score (nSPS) is 13.6. The van der Waals surface area contributed by atoms with Gasteiger partial charge in [0.25, 0.3) is 0 Å². The average molecular weight is 493 g/mol. The predicted molar refractivity (Wildman–Crippen MR) is 114 cm³/mol. The van der Waals surface area contributed by atoms with Crippen LogP contribution in [0.5, 0.6) is 23.0 Å². The Kier molecular flexibility index (Phi) is 5.45. The Morgan fingerprint density at radius 1 is 1.11 bits per heavy atom. The van der Waals surface area contributed by atoms with Crippen LogP contribution >= 0.6 is 22.6 Å². The van der Waals surface area contributed by atoms with Gasteiger partial charge in [0.2, 0.25) is 6.79 Å². The van der Waals surface area contributed by atoms with Gasteiger partial charge in [0.05, 0.1) is 26.3 Å². The first-order chi connectivity index (χ1) is 13.6. The standard InChI is InChI=1S/C21H20INO5/c1-25-18-6-14(16(22)8-19(18)26-2)13(10-24)5-12-3-4-23-17-9-21-20(7-15(12)17)27-11-28-21/h3-4,6-9,13,24H,5,10-11H2,1-2H3. The fourth-order valence-corrected chi connectivity index (χ4v) is 4.37. The highest BCUT2D eigenvalue weighted by atomic mass is 127. The van der Waals surface area contributed by atoms with E-state index in [-0.39, 0.29) is 19.3 Å². The topological polar surface area (TPSA) is 70.0 Å². The van der Waals surface area contributed by atoms with Crippen LogP contribution in [0.15, 0.2) is 36.5 Å². The van der Waals surface area contributed by atoms with E-state index in [1.807, 2.05) is 30.3 Å². The summed E-state index contributed by atoms with van der Waals surface area (Å²) >= 11 is 2.27. The van der Waals surface area contributed by atoms with Crippen molar-refractivity contribution in [3.05, 3.63) is 51.2 Å². The fraction of sp³-hybridized carbons (Fsp3) is 0.286. The largest absolute Gasteiger partial charge is 0.493 e. The molecule has 3 aromatic rings. The molecule has 7 heteroatoms. The maximum absolute atomic E-state index is 10.1. The van der Waals surface area contributed by atoms with Crippen LogP contribution < -0.4 is 18.9 Å². The Morgan fingerprint density at radius 3 is 2.54 bits per heavy atom. The lowest BCUT2D eigenvalue weighted by Gasteiger charge is -2.20. The van der Waals surface area contributed by atoms with Gasteiger partial charge >= 0.3 is 0 Å². The second-order valence-electron chi connectivity index (χ2n) is 6.51. The van der Waals surface area contributed by atoms with Gasteiger partial charge in [-0.25, -0.2) is 0 Å². The van der Waals surface area contributed by atoms with Crippen LogP contribution in [0, 0.1) is 3.57 Å². The molecule has 2 aromatic carbocycles. The van der Waals surface area contributed by atoms with Crippen LogP contribution in [0.4, 0.5) is 0 Å². The second-order valence-corrected chi connectivity index (χ2v) is 7.67. The zero-order valence-corrected chi connectivity index (χ0v) is 17.7. The first-order valence-electron chi connectivity index (χ1n) is 8.84. The van der Waals surface area contributed by atoms with E-state index in [1.54, 1.807) is 20.4 Å². The number of aromatic nitrogens is 1. The minimum absolute atomic E-state index is 0.0137. The van der Waals surface area contributed by atoms with E-state index in [4.69, 9.17) is 18.9 Å². The molecule has 0 radical (unpaired) electrons. The van der Waals surface area contributed by atoms with Gasteiger partial charge in [0.1, 0.15) is 0 Å². The molecule has 0 fully saturated rings. The highest BCUT2D eigenvalue weighted by Crippen LogP contribution is 2.39. The summed E-state index contributed by atoms with van der Waals surface area (Å²) in [5.41, 5.74) is 2.96. The molecule has 1 unspecified atom stereocenters. The number of nitrogens with zero attached hydrogens (tertiary/aromatic N) is 1. The maximum Gasteiger partial charge on any atom is 0.231 e. The molecule has 1 aromatic heterocycles. The van der Waals surface area contributed by atoms with Crippen molar-refractivity contribution in [2.45, 2.75) is 12.3 Å². The van der Waals surface area contributed by atoms with Crippen molar-refractivity contribution in [2.24, 2.45) is 0 Å². The van der Waals surface area contributed by atoms with E-state index < -0.39 is 0 Å². The molecule has 146 valence electrons. The lowest BCUT2D eigenvalue weighted by Crippen LogP contribution is -2.11. The summed E-state index contributed by atoms with van der Waals surface area (Å²) in [5.74, 6) is 2.67. The number of aliphatic hydroxyl groups excluding tert-OH is 1. The summed E-state index contributed by atoms with van der Waals surface area (Å²) in [7, 11) is 3.23. The van der Waals surface area contributed by atoms with Crippen LogP contribution in [0.25, 0.3) is 10.9 Å². The van der Waals surface area contributed by atoms with E-state index in [1.165, 1.54) is 0 Å². The molecular formula is C21H20INO5. The van der Waals surface area contributed by atoms with Crippen molar-refractivity contribution in [1.29, 1.82) is 0 Å². The summed E-state index contributed by atoms with van der Waals surface area (Å²) in [5, 5.41) is 11.1. The van der Waals surface area contributed by atoms with Crippen molar-refractivity contribution < 1.29 is 24.1 Å². The highest BCUT2D eigenvalue weighted by molar-refractivity contribution is 14.1. The van der Waals surface area contributed by atoms with Gasteiger partial charge in [-0.15, -0.1) is 0 Å². The van der Waals surface area contributed by atoms with Gasteiger partial charge in [-0.2, -0.15) is 0 Å². The average Bonchev–Trinajstić information content (AvgIpc) is 3.18. The molecule has 0 aliphatic carbocycles. The molecule has 1 aliphatic rings. The summed E-state index contributed by atoms with van der Waals surface area (Å²) in [4.78, 5) is 4.46. The number of ether oxygens (including phenoxy) is 4. The summed E-state index contributed by atoms with van der Waals surface area (Å²) in [6, 6.07) is 9.73. The molecule has 4 rings (SSSR count). The van der Waals surface area contributed by atoms with Gasteiger partial charge < -0.3 is 24.1 Å². The predicted octanol–water partition coefficient (Wildman–Crippen LogP) is 3.90. The van der Waals surface area contributed by atoms with Crippen molar-refractivity contribution in [3.63, 3.8) is 0 Å². The molecule has 1 atom stereocenters. The number of pyridine rings is 1. The number of aliphatic hydroxyl groups is 1. The fourth-order valence-electron chi connectivity index (χ4n) is 3.49. The number of methoxy groups -OCH3 is 2. The Bertz CT molecular complexity index is 1020. The van der Waals surface area contributed by atoms with E-state index >= 15 is 0 Å². The summed E-state index contributed by atoms with van der Waals surface area (Å²) < 4.78 is 22.8. The molecule has 0 saturated carbocycles. The Morgan fingerprint density at radius 2 is 1.82 bits per heavy atom. The number of hydrogen-bond acceptors (Lipinski definition) is 6. The number of hydrogen-bond donors (Lipinski definition) is 1. The van der Waals surface area contributed by atoms with Crippen molar-refractivity contribution in [2.75, 3.05) is 27.6 Å². The van der Waals surface area contributed by atoms with E-state index in [9.17, 15) is 5.11 Å². The second kappa shape index (κ2) is 8.00. The zero-order valence-electron chi connectivity index (χ0n) is 15.6. The van der Waals surface area contributed by atoms with Gasteiger partial charge in [0.15, 0.2) is 23.0 Å². The zero-order chi connectivity index (χ0) is 19.7. The molecule has 0 amide bonds. The highest BCUT2D eigenvalue weighted by Gasteiger charge is 2.21. The molecule has 2 heterocycles. The smallest absolute Gasteiger partial charge is 0.231 e. The number of benzene rings is 2. The molecule has 6 nitrogen and oxygen atoms in total. The molecule has 0 saturated heterocycles. The van der Waals surface area contributed by atoms with Gasteiger partial charge in [0, 0.05) is 27.1 Å². The third kappa shape index (κ3) is 3.44. The van der Waals surface area contributed by atoms with Crippen LogP contribution in [-0.4, -0.2) is 37.7 Å². The summed E-state index contributed by atoms with van der Waals surface area (Å²) in [6.45, 7) is 0.240. The Hall–Kier alpha value is -2.26. The van der Waals surface area contributed by atoms with E-state index in [0.717, 1.165) is 31.3 Å². The molecule has 1 aliphatic heterocycles. The number of rotatable bonds is 6. The Labute approximate surface area is 176 Å². The van der Waals surface area contributed by atoms with Crippen LogP contribution in [-0.2, 0) is 6.42 Å². The summed E-state index contributed by atoms with van der Waals surface area (Å²) in [6.07, 6.45) is 2.44. The lowest BCUT2D eigenvalue weighted by atomic mass is 9.91. The van der Waals surface area contributed by atoms with Gasteiger partial charge in [-0.1, -0.05) is 0 Å². The number of fused-ring (bicyclic) bond motifs is 2. The van der Waals surface area contributed by atoms with Crippen LogP contribution in [0.1, 0.15) is 17.0 Å². The maximum atomic E-state index is 10.1. The first-order valence-corrected chi connectivity index (χ1v) is 9.92. The van der Waals surface area contributed by atoms with E-state index in [2.05, 4.69) is 27.6 Å². The lowest BCUT2D eigenvalue weighted by molar-refractivity contribution is 0.174. The molecule has 1 N–H and O–H groups in total. The monoisotopic (exact) mass is 493 g/mol. The molecule has 0 spiro atoms. The van der Waals surface area contributed by atoms with Crippen LogP contribution in [0.2, 0.25) is 0 Å². The van der Waals surface area contributed by atoms with Gasteiger partial charge in [-0.05, 0) is 64.4 Å². The van der Waals surface area contributed by atoms with Crippen LogP contribution in [0.3, 0.4) is 0 Å². The molecule has 0 bridgehead atoms. The first kappa shape index (κ1) is 19.1. The molecular weight excluding hydrogens is 473 g/mol. The quantitative estimate of drug-likeness (QED) is 0.526. The minimum Gasteiger partial charge on any atom is -0.493 e. The third-order valence-electron chi connectivity index (χ3n) is 4.96. The SMILES string of the molecule is COc1cc(I)c(C(CO)Cc2ccnc3cc4c(cc23)OCO4)cc1OC. The third-order valence-corrected chi connectivity index (χ3v) is 5.89. The van der Waals surface area contributed by atoms with Gasteiger partial charge in [-0.3, -0.25) is 4.98 Å². The van der Waals surface area contributed by atoms with E-state index in [0.29, 0.717) is 23.7 Å². The number of halogens is 1. The van der Waals surface area contributed by atoms with Crippen molar-refractivity contribution in [3.8, 4) is 23.0 Å². The minimum atomic E-state index is -0.0947. The Balaban J connectivity index is 1.73.